The maximum atomic E-state index is 10.9. The van der Waals surface area contributed by atoms with Crippen molar-refractivity contribution in [3.63, 3.8) is 0 Å². The largest absolute Gasteiger partial charge is 0.455 e. The third-order valence-corrected chi connectivity index (χ3v) is 5.92. The summed E-state index contributed by atoms with van der Waals surface area (Å²) in [6.45, 7) is 0. The Hall–Kier alpha value is -3.65. The van der Waals surface area contributed by atoms with Crippen molar-refractivity contribution in [1.82, 2.24) is 9.38 Å². The van der Waals surface area contributed by atoms with Crippen molar-refractivity contribution in [3.8, 4) is 22.6 Å². The summed E-state index contributed by atoms with van der Waals surface area (Å²) in [4.78, 5) is 19.8. The van der Waals surface area contributed by atoms with Gasteiger partial charge in [0.2, 0.25) is 0 Å². The average molecular weight is 512 g/mol. The SMILES string of the molecule is O=[N+]([O-])c1ccc(-c2ccc(/C=N/c3c(-c4ccc(Cl)cc4Cl)nc4ccccn34)o2)c(Cl)c1. The molecule has 5 rings (SSSR count). The molecule has 0 N–H and O–H groups in total. The van der Waals surface area contributed by atoms with Crippen LogP contribution >= 0.6 is 34.8 Å². The van der Waals surface area contributed by atoms with Gasteiger partial charge in [-0.15, -0.1) is 0 Å². The van der Waals surface area contributed by atoms with Crippen LogP contribution in [0.2, 0.25) is 15.1 Å². The van der Waals surface area contributed by atoms with Gasteiger partial charge in [0.1, 0.15) is 22.9 Å². The van der Waals surface area contributed by atoms with Gasteiger partial charge in [-0.3, -0.25) is 14.5 Å². The highest BCUT2D eigenvalue weighted by molar-refractivity contribution is 6.36. The molecule has 0 aliphatic heterocycles. The van der Waals surface area contributed by atoms with Crippen LogP contribution in [0.25, 0.3) is 28.2 Å². The van der Waals surface area contributed by atoms with E-state index in [2.05, 4.69) is 4.99 Å². The summed E-state index contributed by atoms with van der Waals surface area (Å²) in [5.74, 6) is 1.48. The first-order valence-electron chi connectivity index (χ1n) is 9.91. The molecule has 0 atom stereocenters. The van der Waals surface area contributed by atoms with Crippen LogP contribution < -0.4 is 0 Å². The van der Waals surface area contributed by atoms with Crippen molar-refractivity contribution in [2.45, 2.75) is 0 Å². The second-order valence-electron chi connectivity index (χ2n) is 7.22. The molecule has 5 aromatic rings. The molecule has 0 unspecified atom stereocenters. The number of benzene rings is 2. The van der Waals surface area contributed by atoms with Crippen molar-refractivity contribution in [1.29, 1.82) is 0 Å². The number of halogens is 3. The summed E-state index contributed by atoms with van der Waals surface area (Å²) in [5, 5.41) is 12.1. The lowest BCUT2D eigenvalue weighted by molar-refractivity contribution is -0.384. The number of nitro benzene ring substituents is 1. The zero-order chi connectivity index (χ0) is 23.8. The van der Waals surface area contributed by atoms with Crippen molar-refractivity contribution in [2.75, 3.05) is 0 Å². The van der Waals surface area contributed by atoms with E-state index in [1.165, 1.54) is 12.1 Å². The summed E-state index contributed by atoms with van der Waals surface area (Å²) in [5.41, 5.74) is 2.43. The predicted molar refractivity (Wildman–Crippen MR) is 134 cm³/mol. The molecule has 0 amide bonds. The highest BCUT2D eigenvalue weighted by atomic mass is 35.5. The molecule has 0 saturated heterocycles. The number of imidazole rings is 1. The normalized spacial score (nSPS) is 11.5. The van der Waals surface area contributed by atoms with E-state index in [0.717, 1.165) is 0 Å². The van der Waals surface area contributed by atoms with E-state index in [9.17, 15) is 10.1 Å². The van der Waals surface area contributed by atoms with Gasteiger partial charge in [0.15, 0.2) is 5.82 Å². The van der Waals surface area contributed by atoms with Crippen LogP contribution in [-0.4, -0.2) is 20.5 Å². The summed E-state index contributed by atoms with van der Waals surface area (Å²) < 4.78 is 7.71. The van der Waals surface area contributed by atoms with Crippen molar-refractivity contribution < 1.29 is 9.34 Å². The number of aromatic nitrogens is 2. The third-order valence-electron chi connectivity index (χ3n) is 5.06. The fourth-order valence-electron chi connectivity index (χ4n) is 3.48. The summed E-state index contributed by atoms with van der Waals surface area (Å²) in [6.07, 6.45) is 3.42. The molecule has 0 radical (unpaired) electrons. The quantitative estimate of drug-likeness (QED) is 0.136. The molecule has 0 aliphatic rings. The van der Waals surface area contributed by atoms with Crippen LogP contribution in [0.5, 0.6) is 0 Å². The van der Waals surface area contributed by atoms with E-state index in [1.807, 2.05) is 28.8 Å². The number of furan rings is 1. The molecule has 0 spiro atoms. The minimum absolute atomic E-state index is 0.0944. The van der Waals surface area contributed by atoms with Crippen LogP contribution in [0, 0.1) is 10.1 Å². The van der Waals surface area contributed by atoms with Crippen molar-refractivity contribution >= 4 is 58.2 Å². The Bertz CT molecular complexity index is 1590. The average Bonchev–Trinajstić information content (AvgIpc) is 3.42. The van der Waals surface area contributed by atoms with Crippen LogP contribution in [0.1, 0.15) is 5.76 Å². The number of rotatable bonds is 5. The van der Waals surface area contributed by atoms with E-state index in [-0.39, 0.29) is 10.7 Å². The molecule has 3 aromatic heterocycles. The number of hydrogen-bond donors (Lipinski definition) is 0. The van der Waals surface area contributed by atoms with E-state index >= 15 is 0 Å². The zero-order valence-electron chi connectivity index (χ0n) is 17.2. The molecule has 2 aromatic carbocycles. The Morgan fingerprint density at radius 3 is 2.53 bits per heavy atom. The Balaban J connectivity index is 1.53. The topological polar surface area (TPSA) is 85.9 Å². The van der Waals surface area contributed by atoms with Crippen LogP contribution in [-0.2, 0) is 0 Å². The number of nitrogens with zero attached hydrogens (tertiary/aromatic N) is 4. The van der Waals surface area contributed by atoms with E-state index < -0.39 is 4.92 Å². The Morgan fingerprint density at radius 2 is 1.76 bits per heavy atom. The zero-order valence-corrected chi connectivity index (χ0v) is 19.4. The maximum Gasteiger partial charge on any atom is 0.270 e. The lowest BCUT2D eigenvalue weighted by atomic mass is 10.1. The first kappa shape index (κ1) is 22.2. The summed E-state index contributed by atoms with van der Waals surface area (Å²) in [6, 6.07) is 18.5. The van der Waals surface area contributed by atoms with Gasteiger partial charge in [0, 0.05) is 34.5 Å². The molecule has 0 bridgehead atoms. The first-order valence-corrected chi connectivity index (χ1v) is 11.0. The smallest absolute Gasteiger partial charge is 0.270 e. The van der Waals surface area contributed by atoms with E-state index in [1.54, 1.807) is 42.6 Å². The molecule has 34 heavy (non-hydrogen) atoms. The number of hydrogen-bond acceptors (Lipinski definition) is 5. The number of fused-ring (bicyclic) bond motifs is 1. The van der Waals surface area contributed by atoms with Gasteiger partial charge in [0.25, 0.3) is 5.69 Å². The predicted octanol–water partition coefficient (Wildman–Crippen LogP) is 7.88. The molecular weight excluding hydrogens is 499 g/mol. The van der Waals surface area contributed by atoms with Crippen molar-refractivity contribution in [2.24, 2.45) is 4.99 Å². The maximum absolute atomic E-state index is 10.9. The Kier molecular flexibility index (Phi) is 5.83. The number of non-ortho nitro benzene ring substituents is 1. The minimum atomic E-state index is -0.504. The fourth-order valence-corrected chi connectivity index (χ4v) is 4.24. The number of pyridine rings is 1. The summed E-state index contributed by atoms with van der Waals surface area (Å²) in [7, 11) is 0. The van der Waals surface area contributed by atoms with Gasteiger partial charge in [-0.05, 0) is 48.5 Å². The highest BCUT2D eigenvalue weighted by Gasteiger charge is 2.17. The first-order chi connectivity index (χ1) is 16.4. The van der Waals surface area contributed by atoms with Gasteiger partial charge in [0.05, 0.1) is 21.2 Å². The fraction of sp³-hybridized carbons (Fsp3) is 0. The second kappa shape index (κ2) is 8.95. The molecule has 3 heterocycles. The standard InChI is InChI=1S/C24H13Cl3N4O3/c25-14-4-7-18(19(26)11-14)23-24(30-10-2-1-3-22(30)29-23)28-13-16-6-9-21(34-16)17-8-5-15(31(32)33)12-20(17)27/h1-13H/b28-13+. The Labute approximate surface area is 208 Å². The second-order valence-corrected chi connectivity index (χ2v) is 8.47. The molecule has 0 saturated carbocycles. The van der Waals surface area contributed by atoms with Gasteiger partial charge in [-0.25, -0.2) is 9.98 Å². The molecule has 168 valence electrons. The van der Waals surface area contributed by atoms with Gasteiger partial charge in [-0.1, -0.05) is 40.9 Å². The van der Waals surface area contributed by atoms with E-state index in [4.69, 9.17) is 44.2 Å². The molecule has 0 fully saturated rings. The van der Waals surface area contributed by atoms with E-state index in [0.29, 0.717) is 49.9 Å². The van der Waals surface area contributed by atoms with Gasteiger partial charge in [-0.2, -0.15) is 0 Å². The lowest BCUT2D eigenvalue weighted by Gasteiger charge is -2.03. The number of nitro groups is 1. The monoisotopic (exact) mass is 510 g/mol. The third kappa shape index (κ3) is 4.17. The molecule has 0 aliphatic carbocycles. The van der Waals surface area contributed by atoms with Crippen LogP contribution in [0.15, 0.2) is 82.3 Å². The summed E-state index contributed by atoms with van der Waals surface area (Å²) >= 11 is 18.7. The molecule has 7 nitrogen and oxygen atoms in total. The minimum Gasteiger partial charge on any atom is -0.455 e. The van der Waals surface area contributed by atoms with Gasteiger partial charge < -0.3 is 4.42 Å². The van der Waals surface area contributed by atoms with Gasteiger partial charge >= 0.3 is 0 Å². The number of aliphatic imine (C=N–C) groups is 1. The molecule has 10 heteroatoms. The lowest BCUT2D eigenvalue weighted by Crippen LogP contribution is -1.88. The van der Waals surface area contributed by atoms with Crippen LogP contribution in [0.3, 0.4) is 0 Å². The Morgan fingerprint density at radius 1 is 0.971 bits per heavy atom. The van der Waals surface area contributed by atoms with Crippen LogP contribution in [0.4, 0.5) is 11.5 Å². The molecular formula is C24H13Cl3N4O3. The van der Waals surface area contributed by atoms with Crippen molar-refractivity contribution in [3.05, 3.63) is 104 Å². The highest BCUT2D eigenvalue weighted by Crippen LogP contribution is 2.37.